The normalized spacial score (nSPS) is 11.2. The second-order valence-electron chi connectivity index (χ2n) is 2.44. The molecule has 0 unspecified atom stereocenters. The smallest absolute Gasteiger partial charge is 0.149 e. The maximum absolute atomic E-state index is 10.2. The third-order valence-corrected chi connectivity index (χ3v) is 2.28. The molecule has 0 aliphatic heterocycles. The lowest BCUT2D eigenvalue weighted by Gasteiger charge is -2.16. The summed E-state index contributed by atoms with van der Waals surface area (Å²) in [7, 11) is 0. The van der Waals surface area contributed by atoms with Crippen LogP contribution in [-0.4, -0.2) is 6.29 Å². The molecule has 0 atom stereocenters. The summed E-state index contributed by atoms with van der Waals surface area (Å²) in [5, 5.41) is 0. The molecule has 0 N–H and O–H groups in total. The van der Waals surface area contributed by atoms with Crippen molar-refractivity contribution < 1.29 is 4.79 Å². The Morgan fingerprint density at radius 3 is 2.33 bits per heavy atom. The molecule has 0 saturated carbocycles. The summed E-state index contributed by atoms with van der Waals surface area (Å²) in [6.45, 7) is 0. The SMILES string of the molecule is O=CCC(Cl)(Cl)c1ccccc1. The maximum atomic E-state index is 10.2. The van der Waals surface area contributed by atoms with Crippen LogP contribution < -0.4 is 0 Å². The van der Waals surface area contributed by atoms with Crippen LogP contribution in [-0.2, 0) is 9.13 Å². The first-order valence-corrected chi connectivity index (χ1v) is 4.29. The highest BCUT2D eigenvalue weighted by atomic mass is 35.5. The highest BCUT2D eigenvalue weighted by molar-refractivity contribution is 6.48. The maximum Gasteiger partial charge on any atom is 0.149 e. The van der Waals surface area contributed by atoms with Gasteiger partial charge in [0.1, 0.15) is 10.6 Å². The zero-order valence-corrected chi connectivity index (χ0v) is 7.85. The Morgan fingerprint density at radius 2 is 1.83 bits per heavy atom. The van der Waals surface area contributed by atoms with Crippen molar-refractivity contribution in [1.82, 2.24) is 0 Å². The number of halogens is 2. The van der Waals surface area contributed by atoms with Gasteiger partial charge in [-0.3, -0.25) is 0 Å². The van der Waals surface area contributed by atoms with E-state index in [1.807, 2.05) is 18.2 Å². The van der Waals surface area contributed by atoms with Gasteiger partial charge in [-0.05, 0) is 5.56 Å². The molecule has 0 spiro atoms. The van der Waals surface area contributed by atoms with Crippen LogP contribution in [0.5, 0.6) is 0 Å². The van der Waals surface area contributed by atoms with E-state index in [1.165, 1.54) is 0 Å². The number of carbonyl (C=O) groups is 1. The molecule has 1 rings (SSSR count). The molecule has 1 nitrogen and oxygen atoms in total. The average molecular weight is 203 g/mol. The fourth-order valence-corrected chi connectivity index (χ4v) is 1.28. The number of hydrogen-bond acceptors (Lipinski definition) is 1. The standard InChI is InChI=1S/C9H8Cl2O/c10-9(11,6-7-12)8-4-2-1-3-5-8/h1-5,7H,6H2. The highest BCUT2D eigenvalue weighted by Crippen LogP contribution is 2.35. The molecular formula is C9H8Cl2O. The number of alkyl halides is 2. The van der Waals surface area contributed by atoms with Gasteiger partial charge < -0.3 is 4.79 Å². The first kappa shape index (κ1) is 9.56. The van der Waals surface area contributed by atoms with E-state index in [9.17, 15) is 4.79 Å². The molecule has 0 saturated heterocycles. The molecule has 0 heterocycles. The molecule has 0 amide bonds. The lowest BCUT2D eigenvalue weighted by Crippen LogP contribution is -2.10. The van der Waals surface area contributed by atoms with Gasteiger partial charge in [0, 0.05) is 6.42 Å². The Balaban J connectivity index is 2.89. The molecule has 0 radical (unpaired) electrons. The Labute approximate surface area is 81.3 Å². The van der Waals surface area contributed by atoms with Crippen molar-refractivity contribution in [2.45, 2.75) is 10.8 Å². The first-order chi connectivity index (χ1) is 5.67. The van der Waals surface area contributed by atoms with E-state index in [0.717, 1.165) is 5.56 Å². The van der Waals surface area contributed by atoms with Crippen molar-refractivity contribution in [1.29, 1.82) is 0 Å². The Morgan fingerprint density at radius 1 is 1.25 bits per heavy atom. The molecular weight excluding hydrogens is 195 g/mol. The number of hydrogen-bond donors (Lipinski definition) is 0. The number of aldehydes is 1. The zero-order valence-electron chi connectivity index (χ0n) is 6.34. The van der Waals surface area contributed by atoms with E-state index in [4.69, 9.17) is 23.2 Å². The summed E-state index contributed by atoms with van der Waals surface area (Å²) in [5.41, 5.74) is 0.750. The second-order valence-corrected chi connectivity index (χ2v) is 3.93. The summed E-state index contributed by atoms with van der Waals surface area (Å²) in [6, 6.07) is 9.13. The minimum absolute atomic E-state index is 0.111. The summed E-state index contributed by atoms with van der Waals surface area (Å²) >= 11 is 11.8. The first-order valence-electron chi connectivity index (χ1n) is 3.54. The molecule has 0 fully saturated rings. The molecule has 3 heteroatoms. The monoisotopic (exact) mass is 202 g/mol. The van der Waals surface area contributed by atoms with E-state index in [2.05, 4.69) is 0 Å². The van der Waals surface area contributed by atoms with Crippen molar-refractivity contribution >= 4 is 29.5 Å². The minimum Gasteiger partial charge on any atom is -0.303 e. The predicted molar refractivity (Wildman–Crippen MR) is 50.5 cm³/mol. The summed E-state index contributed by atoms with van der Waals surface area (Å²) in [4.78, 5) is 10.2. The van der Waals surface area contributed by atoms with Crippen LogP contribution in [0.2, 0.25) is 0 Å². The van der Waals surface area contributed by atoms with Crippen LogP contribution in [0, 0.1) is 0 Å². The highest BCUT2D eigenvalue weighted by Gasteiger charge is 2.25. The molecule has 64 valence electrons. The van der Waals surface area contributed by atoms with Gasteiger partial charge in [0.25, 0.3) is 0 Å². The molecule has 1 aromatic carbocycles. The number of rotatable bonds is 3. The minimum atomic E-state index is -1.08. The van der Waals surface area contributed by atoms with Gasteiger partial charge in [0.2, 0.25) is 0 Å². The van der Waals surface area contributed by atoms with Crippen molar-refractivity contribution in [3.05, 3.63) is 35.9 Å². The summed E-state index contributed by atoms with van der Waals surface area (Å²) in [5.74, 6) is 0. The van der Waals surface area contributed by atoms with Crippen molar-refractivity contribution in [2.24, 2.45) is 0 Å². The molecule has 0 aliphatic carbocycles. The lowest BCUT2D eigenvalue weighted by atomic mass is 10.1. The summed E-state index contributed by atoms with van der Waals surface area (Å²) < 4.78 is -1.08. The summed E-state index contributed by atoms with van der Waals surface area (Å²) in [6.07, 6.45) is 0.827. The van der Waals surface area contributed by atoms with Crippen molar-refractivity contribution in [2.75, 3.05) is 0 Å². The van der Waals surface area contributed by atoms with Crippen LogP contribution in [0.4, 0.5) is 0 Å². The van der Waals surface area contributed by atoms with E-state index < -0.39 is 4.33 Å². The molecule has 0 aromatic heterocycles. The van der Waals surface area contributed by atoms with Crippen LogP contribution in [0.15, 0.2) is 30.3 Å². The Hall–Kier alpha value is -0.530. The van der Waals surface area contributed by atoms with Gasteiger partial charge in [0.15, 0.2) is 0 Å². The molecule has 0 bridgehead atoms. The second kappa shape index (κ2) is 3.92. The van der Waals surface area contributed by atoms with Crippen LogP contribution >= 0.6 is 23.2 Å². The van der Waals surface area contributed by atoms with Crippen molar-refractivity contribution in [3.8, 4) is 0 Å². The van der Waals surface area contributed by atoms with Crippen molar-refractivity contribution in [3.63, 3.8) is 0 Å². The largest absolute Gasteiger partial charge is 0.303 e. The van der Waals surface area contributed by atoms with Gasteiger partial charge >= 0.3 is 0 Å². The topological polar surface area (TPSA) is 17.1 Å². The van der Waals surface area contributed by atoms with E-state index in [1.54, 1.807) is 12.1 Å². The fourth-order valence-electron chi connectivity index (χ4n) is 0.905. The van der Waals surface area contributed by atoms with Gasteiger partial charge in [0.05, 0.1) is 0 Å². The lowest BCUT2D eigenvalue weighted by molar-refractivity contribution is -0.108. The zero-order chi connectivity index (χ0) is 9.03. The quantitative estimate of drug-likeness (QED) is 0.545. The van der Waals surface area contributed by atoms with Crippen LogP contribution in [0.25, 0.3) is 0 Å². The van der Waals surface area contributed by atoms with Gasteiger partial charge in [-0.2, -0.15) is 0 Å². The third-order valence-electron chi connectivity index (χ3n) is 1.54. The van der Waals surface area contributed by atoms with E-state index in [0.29, 0.717) is 6.29 Å². The van der Waals surface area contributed by atoms with E-state index in [-0.39, 0.29) is 6.42 Å². The molecule has 1 aromatic rings. The molecule has 0 aliphatic rings. The number of benzene rings is 1. The predicted octanol–water partition coefficient (Wildman–Crippen LogP) is 2.91. The van der Waals surface area contributed by atoms with Gasteiger partial charge in [-0.15, -0.1) is 0 Å². The Bertz CT molecular complexity index is 256. The third kappa shape index (κ3) is 2.23. The molecule has 12 heavy (non-hydrogen) atoms. The van der Waals surface area contributed by atoms with Crippen LogP contribution in [0.3, 0.4) is 0 Å². The van der Waals surface area contributed by atoms with Gasteiger partial charge in [-0.1, -0.05) is 53.5 Å². The Kier molecular flexibility index (Phi) is 3.12. The van der Waals surface area contributed by atoms with Crippen LogP contribution in [0.1, 0.15) is 12.0 Å². The average Bonchev–Trinajstić information content (AvgIpc) is 2.06. The van der Waals surface area contributed by atoms with Gasteiger partial charge in [-0.25, -0.2) is 0 Å². The number of carbonyl (C=O) groups excluding carboxylic acids is 1. The van der Waals surface area contributed by atoms with E-state index >= 15 is 0 Å². The fraction of sp³-hybridized carbons (Fsp3) is 0.222.